The number of benzene rings is 1. The van der Waals surface area contributed by atoms with Gasteiger partial charge in [0.25, 0.3) is 0 Å². The fourth-order valence-electron chi connectivity index (χ4n) is 3.71. The standard InChI is InChI=1S/C21H22N2O5.ClH/c1-13-14(2)23(10-19-24-7-8-25-19)21-17(5-6-22-20(13)21)26-11-15-3-4-16-18(9-15)28-12-27-16;/h3-6,9,19H,7-8,10-12H2,1-2H3;1H. The van der Waals surface area contributed by atoms with Crippen molar-refractivity contribution in [2.75, 3.05) is 20.0 Å². The summed E-state index contributed by atoms with van der Waals surface area (Å²) in [5.41, 5.74) is 5.21. The summed E-state index contributed by atoms with van der Waals surface area (Å²) in [4.78, 5) is 4.58. The number of fused-ring (bicyclic) bond motifs is 2. The van der Waals surface area contributed by atoms with Gasteiger partial charge in [0.15, 0.2) is 17.8 Å². The topological polar surface area (TPSA) is 64.0 Å². The summed E-state index contributed by atoms with van der Waals surface area (Å²) >= 11 is 0. The van der Waals surface area contributed by atoms with Gasteiger partial charge in [0, 0.05) is 18.0 Å². The molecule has 1 saturated heterocycles. The van der Waals surface area contributed by atoms with Crippen LogP contribution in [-0.2, 0) is 22.6 Å². The first-order valence-corrected chi connectivity index (χ1v) is 9.39. The molecule has 0 amide bonds. The third kappa shape index (κ3) is 3.61. The number of aryl methyl sites for hydroxylation is 1. The predicted molar refractivity (Wildman–Crippen MR) is 109 cm³/mol. The van der Waals surface area contributed by atoms with Gasteiger partial charge < -0.3 is 28.3 Å². The van der Waals surface area contributed by atoms with E-state index in [9.17, 15) is 0 Å². The van der Waals surface area contributed by atoms with Gasteiger partial charge in [-0.15, -0.1) is 12.4 Å². The van der Waals surface area contributed by atoms with Gasteiger partial charge in [-0.3, -0.25) is 4.98 Å². The molecule has 2 aliphatic heterocycles. The van der Waals surface area contributed by atoms with Gasteiger partial charge >= 0.3 is 0 Å². The third-order valence-corrected chi connectivity index (χ3v) is 5.31. The lowest BCUT2D eigenvalue weighted by atomic mass is 10.2. The van der Waals surface area contributed by atoms with Crippen molar-refractivity contribution in [3.8, 4) is 17.2 Å². The molecule has 4 heterocycles. The van der Waals surface area contributed by atoms with E-state index in [0.29, 0.717) is 26.4 Å². The number of nitrogens with zero attached hydrogens (tertiary/aromatic N) is 2. The van der Waals surface area contributed by atoms with Crippen molar-refractivity contribution in [3.63, 3.8) is 0 Å². The lowest BCUT2D eigenvalue weighted by Crippen LogP contribution is -2.18. The summed E-state index contributed by atoms with van der Waals surface area (Å²) < 4.78 is 30.5. The third-order valence-electron chi connectivity index (χ3n) is 5.31. The second-order valence-electron chi connectivity index (χ2n) is 6.97. The Hall–Kier alpha value is -2.48. The molecule has 3 aromatic rings. The van der Waals surface area contributed by atoms with Gasteiger partial charge in [-0.2, -0.15) is 0 Å². The molecular formula is C21H23ClN2O5. The summed E-state index contributed by atoms with van der Waals surface area (Å²) in [5.74, 6) is 2.31. The molecule has 0 aliphatic carbocycles. The van der Waals surface area contributed by atoms with Crippen molar-refractivity contribution in [2.24, 2.45) is 0 Å². The first kappa shape index (κ1) is 19.8. The molecule has 2 aliphatic rings. The molecule has 0 atom stereocenters. The molecule has 0 N–H and O–H groups in total. The predicted octanol–water partition coefficient (Wildman–Crippen LogP) is 3.76. The van der Waals surface area contributed by atoms with E-state index in [-0.39, 0.29) is 25.5 Å². The SMILES string of the molecule is Cc1c(C)n(CC2OCCO2)c2c(OCc3ccc4c(c3)OCO4)ccnc12.Cl. The highest BCUT2D eigenvalue weighted by molar-refractivity contribution is 5.86. The highest BCUT2D eigenvalue weighted by atomic mass is 35.5. The Kier molecular flexibility index (Phi) is 5.54. The van der Waals surface area contributed by atoms with E-state index in [1.807, 2.05) is 24.3 Å². The second-order valence-corrected chi connectivity index (χ2v) is 6.97. The number of halogens is 1. The molecule has 1 aromatic carbocycles. The lowest BCUT2D eigenvalue weighted by Gasteiger charge is -2.15. The van der Waals surface area contributed by atoms with Crippen molar-refractivity contribution >= 4 is 23.4 Å². The minimum Gasteiger partial charge on any atom is -0.487 e. The summed E-state index contributed by atoms with van der Waals surface area (Å²) in [5, 5.41) is 0. The van der Waals surface area contributed by atoms with Crippen LogP contribution < -0.4 is 14.2 Å². The Morgan fingerprint density at radius 2 is 1.90 bits per heavy atom. The van der Waals surface area contributed by atoms with Crippen LogP contribution in [0.4, 0.5) is 0 Å². The summed E-state index contributed by atoms with van der Waals surface area (Å²) in [7, 11) is 0. The normalized spacial score (nSPS) is 15.7. The van der Waals surface area contributed by atoms with Crippen LogP contribution in [0.1, 0.15) is 16.8 Å². The minimum absolute atomic E-state index is 0. The molecule has 0 radical (unpaired) electrons. The number of rotatable bonds is 5. The van der Waals surface area contributed by atoms with Crippen molar-refractivity contribution in [3.05, 3.63) is 47.3 Å². The molecule has 5 rings (SSSR count). The van der Waals surface area contributed by atoms with E-state index in [0.717, 1.165) is 45.1 Å². The molecule has 29 heavy (non-hydrogen) atoms. The van der Waals surface area contributed by atoms with Crippen LogP contribution in [0.15, 0.2) is 30.5 Å². The van der Waals surface area contributed by atoms with E-state index in [1.165, 1.54) is 0 Å². The quantitative estimate of drug-likeness (QED) is 0.628. The Balaban J connectivity index is 0.00000205. The number of pyridine rings is 1. The first-order chi connectivity index (χ1) is 13.7. The zero-order chi connectivity index (χ0) is 19.1. The Bertz CT molecular complexity index is 1030. The maximum absolute atomic E-state index is 6.20. The van der Waals surface area contributed by atoms with Crippen LogP contribution in [0.2, 0.25) is 0 Å². The zero-order valence-electron chi connectivity index (χ0n) is 16.3. The Morgan fingerprint density at radius 1 is 1.10 bits per heavy atom. The second kappa shape index (κ2) is 8.10. The summed E-state index contributed by atoms with van der Waals surface area (Å²) in [6, 6.07) is 7.76. The fraction of sp³-hybridized carbons (Fsp3) is 0.381. The van der Waals surface area contributed by atoms with Crippen molar-refractivity contribution in [1.29, 1.82) is 0 Å². The highest BCUT2D eigenvalue weighted by Gasteiger charge is 2.22. The van der Waals surface area contributed by atoms with E-state index < -0.39 is 0 Å². The molecule has 1 fully saturated rings. The van der Waals surface area contributed by atoms with E-state index in [4.69, 9.17) is 23.7 Å². The maximum Gasteiger partial charge on any atom is 0.231 e. The fourth-order valence-corrected chi connectivity index (χ4v) is 3.71. The van der Waals surface area contributed by atoms with Gasteiger partial charge in [-0.1, -0.05) is 6.07 Å². The van der Waals surface area contributed by atoms with Crippen LogP contribution in [0.5, 0.6) is 17.2 Å². The van der Waals surface area contributed by atoms with E-state index in [2.05, 4.69) is 23.4 Å². The van der Waals surface area contributed by atoms with Crippen molar-refractivity contribution < 1.29 is 23.7 Å². The number of hydrogen-bond acceptors (Lipinski definition) is 6. The first-order valence-electron chi connectivity index (χ1n) is 9.39. The monoisotopic (exact) mass is 418 g/mol. The minimum atomic E-state index is -0.240. The van der Waals surface area contributed by atoms with Crippen LogP contribution in [0.25, 0.3) is 11.0 Å². The smallest absolute Gasteiger partial charge is 0.231 e. The zero-order valence-corrected chi connectivity index (χ0v) is 17.2. The Morgan fingerprint density at radius 3 is 2.72 bits per heavy atom. The van der Waals surface area contributed by atoms with Gasteiger partial charge in [0.2, 0.25) is 6.79 Å². The molecule has 7 nitrogen and oxygen atoms in total. The van der Waals surface area contributed by atoms with E-state index >= 15 is 0 Å². The van der Waals surface area contributed by atoms with Gasteiger partial charge in [-0.25, -0.2) is 0 Å². The molecule has 8 heteroatoms. The molecule has 0 unspecified atom stereocenters. The molecule has 0 saturated carbocycles. The molecule has 0 bridgehead atoms. The highest BCUT2D eigenvalue weighted by Crippen LogP contribution is 2.34. The maximum atomic E-state index is 6.20. The van der Waals surface area contributed by atoms with Crippen molar-refractivity contribution in [1.82, 2.24) is 9.55 Å². The van der Waals surface area contributed by atoms with E-state index in [1.54, 1.807) is 6.20 Å². The average molecular weight is 419 g/mol. The Labute approximate surface area is 174 Å². The van der Waals surface area contributed by atoms with Gasteiger partial charge in [0.1, 0.15) is 17.9 Å². The molecule has 0 spiro atoms. The summed E-state index contributed by atoms with van der Waals surface area (Å²) in [6.07, 6.45) is 1.55. The van der Waals surface area contributed by atoms with Crippen LogP contribution in [-0.4, -0.2) is 35.8 Å². The number of hydrogen-bond donors (Lipinski definition) is 0. The van der Waals surface area contributed by atoms with Crippen molar-refractivity contribution in [2.45, 2.75) is 33.3 Å². The van der Waals surface area contributed by atoms with Crippen LogP contribution in [0.3, 0.4) is 0 Å². The van der Waals surface area contributed by atoms with Gasteiger partial charge in [0.05, 0.1) is 25.3 Å². The van der Waals surface area contributed by atoms with Gasteiger partial charge in [-0.05, 0) is 37.1 Å². The van der Waals surface area contributed by atoms with Crippen LogP contribution >= 0.6 is 12.4 Å². The number of ether oxygens (including phenoxy) is 5. The summed E-state index contributed by atoms with van der Waals surface area (Å²) in [6.45, 7) is 6.74. The van der Waals surface area contributed by atoms with Crippen LogP contribution in [0, 0.1) is 13.8 Å². The average Bonchev–Trinajstić information content (AvgIpc) is 3.44. The molecule has 2 aromatic heterocycles. The largest absolute Gasteiger partial charge is 0.487 e. The molecular weight excluding hydrogens is 396 g/mol. The lowest BCUT2D eigenvalue weighted by molar-refractivity contribution is -0.0520. The number of aromatic nitrogens is 2. The molecule has 154 valence electrons.